The Balaban J connectivity index is 5.24. The first kappa shape index (κ1) is 39.2. The monoisotopic (exact) mass is 570 g/mol. The van der Waals surface area contributed by atoms with Crippen molar-refractivity contribution in [2.45, 2.75) is 162 Å². The van der Waals surface area contributed by atoms with Gasteiger partial charge in [-0.05, 0) is 122 Å². The first-order valence-corrected chi connectivity index (χ1v) is 15.1. The third kappa shape index (κ3) is 21.0. The minimum Gasteiger partial charge on any atom is -0.376 e. The van der Waals surface area contributed by atoms with Gasteiger partial charge in [-0.1, -0.05) is 12.2 Å². The zero-order valence-electron chi connectivity index (χ0n) is 28.7. The molecule has 0 aliphatic rings. The lowest BCUT2D eigenvalue weighted by Gasteiger charge is -2.36. The second kappa shape index (κ2) is 16.8. The first-order chi connectivity index (χ1) is 18.0. The second-order valence-electron chi connectivity index (χ2n) is 15.1. The quantitative estimate of drug-likeness (QED) is 0.115. The van der Waals surface area contributed by atoms with Crippen molar-refractivity contribution < 1.29 is 28.4 Å². The van der Waals surface area contributed by atoms with E-state index in [1.165, 1.54) is 0 Å². The van der Waals surface area contributed by atoms with E-state index in [0.717, 1.165) is 32.1 Å². The van der Waals surface area contributed by atoms with Crippen LogP contribution in [0.25, 0.3) is 0 Å². The maximum absolute atomic E-state index is 6.63. The van der Waals surface area contributed by atoms with Crippen molar-refractivity contribution in [3.05, 3.63) is 25.3 Å². The van der Waals surface area contributed by atoms with Crippen LogP contribution in [0, 0.1) is 0 Å². The van der Waals surface area contributed by atoms with Crippen LogP contribution in [0.5, 0.6) is 0 Å². The molecule has 0 rings (SSSR count). The summed E-state index contributed by atoms with van der Waals surface area (Å²) >= 11 is 0. The SMILES string of the molecule is C=CCC(C)(C)OCCC(C)(C)OCC(COC(C)(C)CCOC(C)(C)C)OC(C)(C)CCOC(C)(C)CC=C. The molecule has 0 aromatic rings. The van der Waals surface area contributed by atoms with Crippen molar-refractivity contribution in [3.63, 3.8) is 0 Å². The van der Waals surface area contributed by atoms with Gasteiger partial charge in [-0.15, -0.1) is 13.2 Å². The molecule has 0 amide bonds. The Morgan fingerprint density at radius 3 is 1.18 bits per heavy atom. The van der Waals surface area contributed by atoms with Crippen LogP contribution < -0.4 is 0 Å². The van der Waals surface area contributed by atoms with E-state index < -0.39 is 5.60 Å². The molecule has 238 valence electrons. The van der Waals surface area contributed by atoms with Crippen molar-refractivity contribution in [2.24, 2.45) is 0 Å². The van der Waals surface area contributed by atoms with E-state index in [2.05, 4.69) is 103 Å². The molecule has 6 nitrogen and oxygen atoms in total. The van der Waals surface area contributed by atoms with E-state index in [-0.39, 0.29) is 34.1 Å². The van der Waals surface area contributed by atoms with Gasteiger partial charge < -0.3 is 28.4 Å². The van der Waals surface area contributed by atoms with Crippen LogP contribution in [0.4, 0.5) is 0 Å². The normalized spacial score (nSPS) is 14.8. The minimum atomic E-state index is -0.414. The number of hydrogen-bond donors (Lipinski definition) is 0. The summed E-state index contributed by atoms with van der Waals surface area (Å²) in [6, 6.07) is 0. The lowest BCUT2D eigenvalue weighted by molar-refractivity contribution is -0.178. The lowest BCUT2D eigenvalue weighted by Crippen LogP contribution is -2.42. The molecular formula is C34H66O6. The molecule has 0 saturated carbocycles. The van der Waals surface area contributed by atoms with Crippen molar-refractivity contribution in [2.75, 3.05) is 33.0 Å². The fourth-order valence-corrected chi connectivity index (χ4v) is 3.97. The van der Waals surface area contributed by atoms with Crippen LogP contribution in [0.2, 0.25) is 0 Å². The molecule has 0 radical (unpaired) electrons. The first-order valence-electron chi connectivity index (χ1n) is 15.1. The molecule has 0 heterocycles. The van der Waals surface area contributed by atoms with E-state index in [9.17, 15) is 0 Å². The van der Waals surface area contributed by atoms with Gasteiger partial charge in [-0.25, -0.2) is 0 Å². The molecule has 0 aromatic carbocycles. The topological polar surface area (TPSA) is 55.4 Å². The summed E-state index contributed by atoms with van der Waals surface area (Å²) in [6.45, 7) is 37.5. The van der Waals surface area contributed by atoms with Crippen molar-refractivity contribution >= 4 is 0 Å². The standard InChI is InChI=1S/C34H66O6/c1-16-18-30(6,7)36-24-21-33(12,13)39-27-28(26-38-32(10,11)20-23-35-29(3,4)5)40-34(14,15)22-25-37-31(8,9)19-17-2/h16-17,28H,1-2,18-27H2,3-15H3. The Hall–Kier alpha value is -0.760. The Morgan fingerprint density at radius 1 is 0.475 bits per heavy atom. The molecule has 0 aromatic heterocycles. The highest BCUT2D eigenvalue weighted by Gasteiger charge is 2.30. The molecule has 40 heavy (non-hydrogen) atoms. The van der Waals surface area contributed by atoms with Gasteiger partial charge in [0.2, 0.25) is 0 Å². The number of ether oxygens (including phenoxy) is 6. The fourth-order valence-electron chi connectivity index (χ4n) is 3.97. The molecule has 0 N–H and O–H groups in total. The average molecular weight is 571 g/mol. The molecule has 0 aliphatic heterocycles. The Bertz CT molecular complexity index is 714. The van der Waals surface area contributed by atoms with Gasteiger partial charge in [-0.3, -0.25) is 0 Å². The largest absolute Gasteiger partial charge is 0.376 e. The molecule has 0 saturated heterocycles. The Kier molecular flexibility index (Phi) is 16.4. The summed E-state index contributed by atoms with van der Waals surface area (Å²) in [5, 5.41) is 0. The van der Waals surface area contributed by atoms with E-state index in [1.807, 2.05) is 12.2 Å². The number of rotatable bonds is 23. The lowest BCUT2D eigenvalue weighted by atomic mass is 10.0. The third-order valence-corrected chi connectivity index (χ3v) is 6.71. The van der Waals surface area contributed by atoms with Gasteiger partial charge in [0.05, 0.1) is 60.0 Å². The molecule has 0 fully saturated rings. The van der Waals surface area contributed by atoms with Gasteiger partial charge in [0.1, 0.15) is 6.10 Å². The summed E-state index contributed by atoms with van der Waals surface area (Å²) in [7, 11) is 0. The van der Waals surface area contributed by atoms with Gasteiger partial charge in [0, 0.05) is 6.61 Å². The van der Waals surface area contributed by atoms with Crippen LogP contribution in [0.3, 0.4) is 0 Å². The summed E-state index contributed by atoms with van der Waals surface area (Å²) < 4.78 is 37.6. The maximum atomic E-state index is 6.63. The fraction of sp³-hybridized carbons (Fsp3) is 0.882. The molecule has 0 aliphatic carbocycles. The van der Waals surface area contributed by atoms with E-state index in [1.54, 1.807) is 0 Å². The summed E-state index contributed by atoms with van der Waals surface area (Å²) in [5.41, 5.74) is -1.78. The maximum Gasteiger partial charge on any atom is 0.105 e. The molecule has 0 spiro atoms. The molecule has 1 unspecified atom stereocenters. The highest BCUT2D eigenvalue weighted by atomic mass is 16.6. The zero-order valence-corrected chi connectivity index (χ0v) is 28.7. The van der Waals surface area contributed by atoms with Crippen LogP contribution in [-0.4, -0.2) is 72.7 Å². The van der Waals surface area contributed by atoms with Crippen LogP contribution in [-0.2, 0) is 28.4 Å². The van der Waals surface area contributed by atoms with Crippen LogP contribution >= 0.6 is 0 Å². The van der Waals surface area contributed by atoms with Crippen molar-refractivity contribution in [1.82, 2.24) is 0 Å². The van der Waals surface area contributed by atoms with Crippen LogP contribution in [0.15, 0.2) is 25.3 Å². The summed E-state index contributed by atoms with van der Waals surface area (Å²) in [6.07, 6.45) is 7.47. The highest BCUT2D eigenvalue weighted by Crippen LogP contribution is 2.25. The van der Waals surface area contributed by atoms with Gasteiger partial charge >= 0.3 is 0 Å². The van der Waals surface area contributed by atoms with Crippen molar-refractivity contribution in [1.29, 1.82) is 0 Å². The second-order valence-corrected chi connectivity index (χ2v) is 15.1. The third-order valence-electron chi connectivity index (χ3n) is 6.71. The predicted molar refractivity (Wildman–Crippen MR) is 168 cm³/mol. The Labute approximate surface area is 248 Å². The molecule has 1 atom stereocenters. The van der Waals surface area contributed by atoms with Crippen LogP contribution in [0.1, 0.15) is 122 Å². The smallest absolute Gasteiger partial charge is 0.105 e. The van der Waals surface area contributed by atoms with Gasteiger partial charge in [0.15, 0.2) is 0 Å². The van der Waals surface area contributed by atoms with Crippen molar-refractivity contribution in [3.8, 4) is 0 Å². The predicted octanol–water partition coefficient (Wildman–Crippen LogP) is 8.47. The van der Waals surface area contributed by atoms with Gasteiger partial charge in [0.25, 0.3) is 0 Å². The molecule has 0 bridgehead atoms. The zero-order chi connectivity index (χ0) is 31.3. The summed E-state index contributed by atoms with van der Waals surface area (Å²) in [5.74, 6) is 0. The average Bonchev–Trinajstić information content (AvgIpc) is 2.73. The van der Waals surface area contributed by atoms with Gasteiger partial charge in [-0.2, -0.15) is 0 Å². The summed E-state index contributed by atoms with van der Waals surface area (Å²) in [4.78, 5) is 0. The molecular weight excluding hydrogens is 504 g/mol. The van der Waals surface area contributed by atoms with E-state index >= 15 is 0 Å². The van der Waals surface area contributed by atoms with E-state index in [4.69, 9.17) is 28.4 Å². The molecule has 6 heteroatoms. The number of hydrogen-bond acceptors (Lipinski definition) is 6. The highest BCUT2D eigenvalue weighted by molar-refractivity contribution is 4.83. The minimum absolute atomic E-state index is 0.169. The Morgan fingerprint density at radius 2 is 0.825 bits per heavy atom. The van der Waals surface area contributed by atoms with E-state index in [0.29, 0.717) is 33.0 Å².